The van der Waals surface area contributed by atoms with E-state index in [0.717, 1.165) is 23.5 Å². The van der Waals surface area contributed by atoms with Gasteiger partial charge in [-0.3, -0.25) is 0 Å². The van der Waals surface area contributed by atoms with Crippen LogP contribution >= 0.6 is 0 Å². The third kappa shape index (κ3) is 3.07. The molecule has 0 saturated heterocycles. The molecule has 0 aliphatic heterocycles. The molecule has 23 heavy (non-hydrogen) atoms. The number of allylic oxidation sites excluding steroid dienone is 2. The van der Waals surface area contributed by atoms with Crippen molar-refractivity contribution in [3.8, 4) is 5.75 Å². The maximum Gasteiger partial charge on any atom is 0.123 e. The molecule has 0 aromatic heterocycles. The van der Waals surface area contributed by atoms with Crippen molar-refractivity contribution in [2.24, 2.45) is 11.3 Å². The molecule has 2 unspecified atom stereocenters. The fourth-order valence-electron chi connectivity index (χ4n) is 4.42. The van der Waals surface area contributed by atoms with Gasteiger partial charge in [0.25, 0.3) is 0 Å². The topological polar surface area (TPSA) is 20.2 Å². The summed E-state index contributed by atoms with van der Waals surface area (Å²) in [7, 11) is 0. The zero-order valence-corrected chi connectivity index (χ0v) is 15.7. The third-order valence-corrected chi connectivity index (χ3v) is 5.75. The van der Waals surface area contributed by atoms with Gasteiger partial charge in [0, 0.05) is 0 Å². The van der Waals surface area contributed by atoms with Gasteiger partial charge < -0.3 is 5.11 Å². The molecular formula is C22H32O. The van der Waals surface area contributed by atoms with Crippen molar-refractivity contribution in [3.63, 3.8) is 0 Å². The third-order valence-electron chi connectivity index (χ3n) is 5.75. The minimum atomic E-state index is -0.0402. The SMILES string of the molecule is CC(C)(C)c1cc(CC23C=CC(CC2)C3)cc(C(C)(C)C)c1O. The Kier molecular flexibility index (Phi) is 3.70. The second kappa shape index (κ2) is 5.13. The van der Waals surface area contributed by atoms with Crippen LogP contribution in [-0.4, -0.2) is 5.11 Å². The van der Waals surface area contributed by atoms with E-state index in [1.165, 1.54) is 24.8 Å². The highest BCUT2D eigenvalue weighted by Crippen LogP contribution is 2.51. The van der Waals surface area contributed by atoms with Gasteiger partial charge in [0.1, 0.15) is 5.75 Å². The Morgan fingerprint density at radius 1 is 1.04 bits per heavy atom. The number of aromatic hydroxyl groups is 1. The Labute approximate surface area is 141 Å². The Morgan fingerprint density at radius 3 is 1.96 bits per heavy atom. The van der Waals surface area contributed by atoms with Gasteiger partial charge in [-0.1, -0.05) is 65.8 Å². The lowest BCUT2D eigenvalue weighted by molar-refractivity contribution is 0.395. The van der Waals surface area contributed by atoms with E-state index in [1.807, 2.05) is 0 Å². The molecule has 1 fully saturated rings. The van der Waals surface area contributed by atoms with E-state index in [1.54, 1.807) is 0 Å². The fraction of sp³-hybridized carbons (Fsp3) is 0.636. The lowest BCUT2D eigenvalue weighted by Gasteiger charge is -2.30. The molecule has 2 atom stereocenters. The normalized spacial score (nSPS) is 27.0. The van der Waals surface area contributed by atoms with Crippen LogP contribution in [0.25, 0.3) is 0 Å². The van der Waals surface area contributed by atoms with Gasteiger partial charge in [-0.05, 0) is 64.5 Å². The first-order valence-electron chi connectivity index (χ1n) is 9.06. The number of phenolic OH excluding ortho intramolecular Hbond substituents is 1. The van der Waals surface area contributed by atoms with Gasteiger partial charge in [-0.15, -0.1) is 0 Å². The average molecular weight is 312 g/mol. The number of hydrogen-bond acceptors (Lipinski definition) is 1. The number of fused-ring (bicyclic) bond motifs is 2. The van der Waals surface area contributed by atoms with Crippen molar-refractivity contribution in [3.05, 3.63) is 41.0 Å². The molecule has 1 aromatic rings. The van der Waals surface area contributed by atoms with Gasteiger partial charge in [-0.25, -0.2) is 0 Å². The predicted molar refractivity (Wildman–Crippen MR) is 98.1 cm³/mol. The summed E-state index contributed by atoms with van der Waals surface area (Å²) in [5.41, 5.74) is 3.88. The van der Waals surface area contributed by atoms with Crippen molar-refractivity contribution < 1.29 is 5.11 Å². The standard InChI is InChI=1S/C22H32O/c1-20(2,3)17-11-16(12-18(19(17)23)21(4,5)6)14-22-9-7-15(13-22)8-10-22/h7,9,11-12,15,23H,8,10,13-14H2,1-6H3. The zero-order chi connectivity index (χ0) is 17.0. The minimum Gasteiger partial charge on any atom is -0.507 e. The van der Waals surface area contributed by atoms with E-state index in [0.29, 0.717) is 11.2 Å². The van der Waals surface area contributed by atoms with Crippen LogP contribution in [0.4, 0.5) is 0 Å². The molecule has 0 amide bonds. The van der Waals surface area contributed by atoms with Crippen molar-refractivity contribution >= 4 is 0 Å². The summed E-state index contributed by atoms with van der Waals surface area (Å²) in [6.45, 7) is 13.2. The van der Waals surface area contributed by atoms with Crippen LogP contribution in [-0.2, 0) is 17.3 Å². The maximum atomic E-state index is 10.9. The quantitative estimate of drug-likeness (QED) is 0.675. The molecule has 2 bridgehead atoms. The molecule has 1 N–H and O–H groups in total. The number of phenols is 1. The van der Waals surface area contributed by atoms with Crippen molar-refractivity contribution in [1.29, 1.82) is 0 Å². The molecule has 0 spiro atoms. The number of rotatable bonds is 2. The smallest absolute Gasteiger partial charge is 0.123 e. The molecule has 0 radical (unpaired) electrons. The Bertz CT molecular complexity index is 604. The zero-order valence-electron chi connectivity index (χ0n) is 15.7. The van der Waals surface area contributed by atoms with Crippen LogP contribution in [0.1, 0.15) is 77.5 Å². The largest absolute Gasteiger partial charge is 0.507 e. The molecule has 1 aromatic carbocycles. The summed E-state index contributed by atoms with van der Waals surface area (Å²) in [6, 6.07) is 4.53. The monoisotopic (exact) mass is 312 g/mol. The van der Waals surface area contributed by atoms with E-state index in [9.17, 15) is 5.11 Å². The van der Waals surface area contributed by atoms with Gasteiger partial charge >= 0.3 is 0 Å². The second-order valence-corrected chi connectivity index (χ2v) is 9.94. The van der Waals surface area contributed by atoms with Crippen LogP contribution in [0.2, 0.25) is 0 Å². The van der Waals surface area contributed by atoms with E-state index in [4.69, 9.17) is 0 Å². The summed E-state index contributed by atoms with van der Waals surface area (Å²) in [5, 5.41) is 10.9. The molecule has 126 valence electrons. The first-order chi connectivity index (χ1) is 10.5. The molecule has 2 aliphatic rings. The lowest BCUT2D eigenvalue weighted by atomic mass is 9.75. The highest BCUT2D eigenvalue weighted by atomic mass is 16.3. The average Bonchev–Trinajstić information content (AvgIpc) is 2.98. The van der Waals surface area contributed by atoms with Crippen LogP contribution in [0.15, 0.2) is 24.3 Å². The molecule has 2 aliphatic carbocycles. The molecule has 1 saturated carbocycles. The van der Waals surface area contributed by atoms with Crippen LogP contribution in [0.3, 0.4) is 0 Å². The Morgan fingerprint density at radius 2 is 1.61 bits per heavy atom. The highest BCUT2D eigenvalue weighted by molar-refractivity contribution is 5.50. The first-order valence-corrected chi connectivity index (χ1v) is 9.06. The van der Waals surface area contributed by atoms with Crippen molar-refractivity contribution in [1.82, 2.24) is 0 Å². The van der Waals surface area contributed by atoms with Crippen LogP contribution in [0.5, 0.6) is 5.75 Å². The predicted octanol–water partition coefficient (Wildman–Crippen LogP) is 5.89. The van der Waals surface area contributed by atoms with Gasteiger partial charge in [0.05, 0.1) is 0 Å². The summed E-state index contributed by atoms with van der Waals surface area (Å²) in [4.78, 5) is 0. The Hall–Kier alpha value is -1.24. The summed E-state index contributed by atoms with van der Waals surface area (Å²) in [5.74, 6) is 1.31. The van der Waals surface area contributed by atoms with Gasteiger partial charge in [0.15, 0.2) is 0 Å². The molecule has 1 heteroatoms. The van der Waals surface area contributed by atoms with Crippen molar-refractivity contribution in [2.45, 2.75) is 78.1 Å². The van der Waals surface area contributed by atoms with Crippen LogP contribution in [0, 0.1) is 11.3 Å². The lowest BCUT2D eigenvalue weighted by Crippen LogP contribution is -2.20. The van der Waals surface area contributed by atoms with Crippen LogP contribution < -0.4 is 0 Å². The highest BCUT2D eigenvalue weighted by Gasteiger charge is 2.41. The summed E-state index contributed by atoms with van der Waals surface area (Å²) < 4.78 is 0. The number of hydrogen-bond donors (Lipinski definition) is 1. The van der Waals surface area contributed by atoms with E-state index in [2.05, 4.69) is 65.8 Å². The summed E-state index contributed by atoms with van der Waals surface area (Å²) in [6.07, 6.45) is 10.0. The van der Waals surface area contributed by atoms with E-state index in [-0.39, 0.29) is 10.8 Å². The first kappa shape index (κ1) is 16.6. The molecular weight excluding hydrogens is 280 g/mol. The van der Waals surface area contributed by atoms with Gasteiger partial charge in [-0.2, -0.15) is 0 Å². The molecule has 3 rings (SSSR count). The fourth-order valence-corrected chi connectivity index (χ4v) is 4.42. The summed E-state index contributed by atoms with van der Waals surface area (Å²) >= 11 is 0. The maximum absolute atomic E-state index is 10.9. The van der Waals surface area contributed by atoms with Crippen molar-refractivity contribution in [2.75, 3.05) is 0 Å². The molecule has 1 nitrogen and oxygen atoms in total. The van der Waals surface area contributed by atoms with E-state index >= 15 is 0 Å². The van der Waals surface area contributed by atoms with E-state index < -0.39 is 0 Å². The molecule has 0 heterocycles. The Balaban J connectivity index is 2.05. The minimum absolute atomic E-state index is 0.0402. The second-order valence-electron chi connectivity index (χ2n) is 9.94. The number of benzene rings is 1. The van der Waals surface area contributed by atoms with Gasteiger partial charge in [0.2, 0.25) is 0 Å².